The van der Waals surface area contributed by atoms with Gasteiger partial charge < -0.3 is 9.84 Å². The van der Waals surface area contributed by atoms with E-state index in [0.29, 0.717) is 6.42 Å². The molecule has 0 saturated heterocycles. The van der Waals surface area contributed by atoms with Gasteiger partial charge in [0.25, 0.3) is 0 Å². The van der Waals surface area contributed by atoms with Crippen LogP contribution in [0, 0.1) is 5.82 Å². The molecule has 80 valence electrons. The maximum Gasteiger partial charge on any atom is 0.170 e. The monoisotopic (exact) mass is 210 g/mol. The number of carbonyl (C=O) groups excluding carboxylic acids is 1. The van der Waals surface area contributed by atoms with Crippen molar-refractivity contribution >= 4 is 5.78 Å². The standard InChI is InChI=1S/C11H11FO3/c1-2-6-3-9(13)7-4-8(12)10(14)5-11(7)15-6/h4-6,14H,2-3H2,1H3. The molecule has 3 nitrogen and oxygen atoms in total. The normalized spacial score (nSPS) is 19.6. The zero-order chi connectivity index (χ0) is 11.0. The number of ketones is 1. The molecule has 0 bridgehead atoms. The predicted molar refractivity (Wildman–Crippen MR) is 51.7 cm³/mol. The molecule has 15 heavy (non-hydrogen) atoms. The van der Waals surface area contributed by atoms with Crippen molar-refractivity contribution in [2.24, 2.45) is 0 Å². The summed E-state index contributed by atoms with van der Waals surface area (Å²) in [6, 6.07) is 2.18. The molecule has 0 spiro atoms. The Hall–Kier alpha value is -1.58. The van der Waals surface area contributed by atoms with Crippen molar-refractivity contribution in [1.82, 2.24) is 0 Å². The number of fused-ring (bicyclic) bond motifs is 1. The Labute approximate surface area is 86.5 Å². The summed E-state index contributed by atoms with van der Waals surface area (Å²) < 4.78 is 18.4. The van der Waals surface area contributed by atoms with E-state index >= 15 is 0 Å². The van der Waals surface area contributed by atoms with Crippen molar-refractivity contribution in [2.75, 3.05) is 0 Å². The second-order valence-electron chi connectivity index (χ2n) is 3.58. The van der Waals surface area contributed by atoms with Crippen LogP contribution in [0.3, 0.4) is 0 Å². The molecule has 0 saturated carbocycles. The summed E-state index contributed by atoms with van der Waals surface area (Å²) in [5.74, 6) is -1.14. The summed E-state index contributed by atoms with van der Waals surface area (Å²) in [6.45, 7) is 1.91. The van der Waals surface area contributed by atoms with E-state index in [0.717, 1.165) is 12.1 Å². The molecular weight excluding hydrogens is 199 g/mol. The van der Waals surface area contributed by atoms with Crippen LogP contribution < -0.4 is 4.74 Å². The molecule has 0 aromatic heterocycles. The highest BCUT2D eigenvalue weighted by molar-refractivity contribution is 6.00. The molecule has 1 heterocycles. The Morgan fingerprint density at radius 1 is 1.60 bits per heavy atom. The molecule has 1 unspecified atom stereocenters. The van der Waals surface area contributed by atoms with Crippen LogP contribution in [0.5, 0.6) is 11.5 Å². The summed E-state index contributed by atoms with van der Waals surface area (Å²) in [6.07, 6.45) is 0.812. The van der Waals surface area contributed by atoms with Crippen LogP contribution in [0.4, 0.5) is 4.39 Å². The van der Waals surface area contributed by atoms with Gasteiger partial charge in [0.2, 0.25) is 0 Å². The minimum atomic E-state index is -0.791. The number of halogens is 1. The lowest BCUT2D eigenvalue weighted by Gasteiger charge is -2.24. The Morgan fingerprint density at radius 2 is 2.33 bits per heavy atom. The van der Waals surface area contributed by atoms with Gasteiger partial charge in [0.05, 0.1) is 5.56 Å². The van der Waals surface area contributed by atoms with E-state index in [9.17, 15) is 9.18 Å². The van der Waals surface area contributed by atoms with E-state index in [1.54, 1.807) is 0 Å². The lowest BCUT2D eigenvalue weighted by Crippen LogP contribution is -2.26. The van der Waals surface area contributed by atoms with Crippen molar-refractivity contribution in [3.05, 3.63) is 23.5 Å². The molecule has 1 aromatic rings. The second-order valence-corrected chi connectivity index (χ2v) is 3.58. The van der Waals surface area contributed by atoms with Crippen molar-refractivity contribution in [1.29, 1.82) is 0 Å². The molecule has 0 radical (unpaired) electrons. The van der Waals surface area contributed by atoms with Gasteiger partial charge in [0.1, 0.15) is 11.9 Å². The Morgan fingerprint density at radius 3 is 3.00 bits per heavy atom. The first kappa shape index (κ1) is 9.96. The fraction of sp³-hybridized carbons (Fsp3) is 0.364. The molecule has 0 aliphatic carbocycles. The lowest BCUT2D eigenvalue weighted by atomic mass is 9.99. The molecule has 1 aliphatic heterocycles. The first-order valence-electron chi connectivity index (χ1n) is 4.84. The fourth-order valence-electron chi connectivity index (χ4n) is 1.62. The maximum absolute atomic E-state index is 13.0. The van der Waals surface area contributed by atoms with Crippen molar-refractivity contribution in [3.63, 3.8) is 0 Å². The SMILES string of the molecule is CCC1CC(=O)c2cc(F)c(O)cc2O1. The third-order valence-corrected chi connectivity index (χ3v) is 2.51. The molecule has 0 fully saturated rings. The van der Waals surface area contributed by atoms with Gasteiger partial charge in [0.15, 0.2) is 17.3 Å². The Kier molecular flexibility index (Phi) is 2.34. The summed E-state index contributed by atoms with van der Waals surface area (Å²) in [4.78, 5) is 11.6. The second kappa shape index (κ2) is 3.53. The number of benzene rings is 1. The van der Waals surface area contributed by atoms with Gasteiger partial charge in [-0.1, -0.05) is 6.92 Å². The third-order valence-electron chi connectivity index (χ3n) is 2.51. The first-order valence-corrected chi connectivity index (χ1v) is 4.84. The van der Waals surface area contributed by atoms with E-state index in [-0.39, 0.29) is 29.6 Å². The summed E-state index contributed by atoms with van der Waals surface area (Å²) >= 11 is 0. The van der Waals surface area contributed by atoms with Crippen LogP contribution in [-0.4, -0.2) is 17.0 Å². The lowest BCUT2D eigenvalue weighted by molar-refractivity contribution is 0.0844. The molecule has 1 aliphatic rings. The van der Waals surface area contributed by atoms with Crippen molar-refractivity contribution in [2.45, 2.75) is 25.9 Å². The van der Waals surface area contributed by atoms with E-state index in [1.807, 2.05) is 6.92 Å². The number of phenols is 1. The summed E-state index contributed by atoms with van der Waals surface area (Å²) in [5.41, 5.74) is 0.218. The Balaban J connectivity index is 2.46. The number of rotatable bonds is 1. The highest BCUT2D eigenvalue weighted by Crippen LogP contribution is 2.33. The topological polar surface area (TPSA) is 46.5 Å². The third kappa shape index (κ3) is 1.67. The zero-order valence-corrected chi connectivity index (χ0v) is 8.29. The quantitative estimate of drug-likeness (QED) is 0.773. The van der Waals surface area contributed by atoms with E-state index < -0.39 is 11.6 Å². The number of ether oxygens (including phenoxy) is 1. The smallest absolute Gasteiger partial charge is 0.170 e. The molecule has 1 N–H and O–H groups in total. The van der Waals surface area contributed by atoms with Crippen LogP contribution in [0.25, 0.3) is 0 Å². The van der Waals surface area contributed by atoms with E-state index in [4.69, 9.17) is 9.84 Å². The molecule has 4 heteroatoms. The van der Waals surface area contributed by atoms with Crippen LogP contribution in [-0.2, 0) is 0 Å². The number of phenolic OH excluding ortho intramolecular Hbond substituents is 1. The van der Waals surface area contributed by atoms with Gasteiger partial charge in [-0.15, -0.1) is 0 Å². The molecule has 2 rings (SSSR count). The predicted octanol–water partition coefficient (Wildman–Crippen LogP) is 2.28. The van der Waals surface area contributed by atoms with E-state index in [2.05, 4.69) is 0 Å². The van der Waals surface area contributed by atoms with E-state index in [1.165, 1.54) is 0 Å². The van der Waals surface area contributed by atoms with Crippen LogP contribution in [0.2, 0.25) is 0 Å². The Bertz CT molecular complexity index is 415. The zero-order valence-electron chi connectivity index (χ0n) is 8.29. The van der Waals surface area contributed by atoms with Crippen molar-refractivity contribution < 1.29 is 19.0 Å². The average Bonchev–Trinajstić information content (AvgIpc) is 2.21. The van der Waals surface area contributed by atoms with Gasteiger partial charge in [-0.3, -0.25) is 4.79 Å². The average molecular weight is 210 g/mol. The van der Waals surface area contributed by atoms with Gasteiger partial charge in [-0.05, 0) is 12.5 Å². The van der Waals surface area contributed by atoms with Crippen molar-refractivity contribution in [3.8, 4) is 11.5 Å². The number of Topliss-reactive ketones (excluding diaryl/α,β-unsaturated/α-hetero) is 1. The van der Waals surface area contributed by atoms with Crippen LogP contribution >= 0.6 is 0 Å². The van der Waals surface area contributed by atoms with Crippen LogP contribution in [0.15, 0.2) is 12.1 Å². The fourth-order valence-corrected chi connectivity index (χ4v) is 1.62. The largest absolute Gasteiger partial charge is 0.505 e. The van der Waals surface area contributed by atoms with Gasteiger partial charge in [-0.2, -0.15) is 0 Å². The molecule has 1 aromatic carbocycles. The number of hydrogen-bond acceptors (Lipinski definition) is 3. The van der Waals surface area contributed by atoms with Crippen LogP contribution in [0.1, 0.15) is 30.1 Å². The molecule has 0 amide bonds. The summed E-state index contributed by atoms with van der Waals surface area (Å²) in [7, 11) is 0. The number of hydrogen-bond donors (Lipinski definition) is 1. The van der Waals surface area contributed by atoms with Gasteiger partial charge in [-0.25, -0.2) is 4.39 Å². The highest BCUT2D eigenvalue weighted by Gasteiger charge is 2.26. The minimum Gasteiger partial charge on any atom is -0.505 e. The minimum absolute atomic E-state index is 0.137. The molecule has 1 atom stereocenters. The van der Waals surface area contributed by atoms with Gasteiger partial charge >= 0.3 is 0 Å². The molecular formula is C11H11FO3. The van der Waals surface area contributed by atoms with Gasteiger partial charge in [0, 0.05) is 12.5 Å². The highest BCUT2D eigenvalue weighted by atomic mass is 19.1. The first-order chi connectivity index (χ1) is 7.11. The maximum atomic E-state index is 13.0. The summed E-state index contributed by atoms with van der Waals surface area (Å²) in [5, 5.41) is 9.15. The number of carbonyl (C=O) groups is 1. The number of aromatic hydroxyl groups is 1.